The van der Waals surface area contributed by atoms with Gasteiger partial charge in [-0.15, -0.1) is 0 Å². The molecule has 1 aromatic heterocycles. The predicted octanol–water partition coefficient (Wildman–Crippen LogP) is 2.13. The summed E-state index contributed by atoms with van der Waals surface area (Å²) in [6.07, 6.45) is 0. The Morgan fingerprint density at radius 3 is 2.39 bits per heavy atom. The molecule has 2 aromatic carbocycles. The number of benzene rings is 2. The maximum Gasteiger partial charge on any atom is 0.251 e. The highest BCUT2D eigenvalue weighted by molar-refractivity contribution is 5.96. The van der Waals surface area contributed by atoms with E-state index < -0.39 is 0 Å². The molecule has 1 saturated heterocycles. The Hall–Kier alpha value is -3.72. The van der Waals surface area contributed by atoms with Crippen molar-refractivity contribution in [1.82, 2.24) is 25.3 Å². The lowest BCUT2D eigenvalue weighted by Crippen LogP contribution is -2.50. The molecule has 9 heteroatoms. The van der Waals surface area contributed by atoms with Crippen LogP contribution in [0.25, 0.3) is 11.4 Å². The van der Waals surface area contributed by atoms with E-state index in [0.717, 1.165) is 16.9 Å². The fourth-order valence-electron chi connectivity index (χ4n) is 3.60. The van der Waals surface area contributed by atoms with Crippen molar-refractivity contribution >= 4 is 11.8 Å². The molecule has 0 atom stereocenters. The van der Waals surface area contributed by atoms with Crippen LogP contribution >= 0.6 is 0 Å². The van der Waals surface area contributed by atoms with Crippen molar-refractivity contribution in [2.45, 2.75) is 13.5 Å². The molecule has 3 aromatic rings. The largest absolute Gasteiger partial charge is 0.497 e. The number of hydrogen-bond donors (Lipinski definition) is 1. The van der Waals surface area contributed by atoms with E-state index in [1.807, 2.05) is 43.3 Å². The lowest BCUT2D eigenvalue weighted by molar-refractivity contribution is -0.131. The molecule has 2 amide bonds. The molecule has 0 saturated carbocycles. The van der Waals surface area contributed by atoms with E-state index >= 15 is 0 Å². The van der Waals surface area contributed by atoms with Gasteiger partial charge in [-0.25, -0.2) is 0 Å². The van der Waals surface area contributed by atoms with Crippen molar-refractivity contribution in [3.8, 4) is 17.1 Å². The third-order valence-electron chi connectivity index (χ3n) is 5.61. The Morgan fingerprint density at radius 2 is 1.73 bits per heavy atom. The first-order chi connectivity index (χ1) is 16.0. The second-order valence-corrected chi connectivity index (χ2v) is 7.95. The first-order valence-corrected chi connectivity index (χ1v) is 10.8. The summed E-state index contributed by atoms with van der Waals surface area (Å²) in [6, 6.07) is 14.7. The van der Waals surface area contributed by atoms with E-state index in [-0.39, 0.29) is 18.4 Å². The predicted molar refractivity (Wildman–Crippen MR) is 122 cm³/mol. The number of piperazine rings is 1. The van der Waals surface area contributed by atoms with Crippen LogP contribution in [0.15, 0.2) is 53.1 Å². The maximum absolute atomic E-state index is 12.5. The summed E-state index contributed by atoms with van der Waals surface area (Å²) in [7, 11) is 1.62. The molecule has 1 aliphatic rings. The van der Waals surface area contributed by atoms with Crippen molar-refractivity contribution in [3.63, 3.8) is 0 Å². The van der Waals surface area contributed by atoms with E-state index in [1.54, 1.807) is 24.1 Å². The van der Waals surface area contributed by atoms with Crippen LogP contribution < -0.4 is 10.1 Å². The lowest BCUT2D eigenvalue weighted by atomic mass is 10.1. The smallest absolute Gasteiger partial charge is 0.251 e. The van der Waals surface area contributed by atoms with Crippen LogP contribution in [0.3, 0.4) is 0 Å². The number of aromatic nitrogens is 2. The van der Waals surface area contributed by atoms with Crippen LogP contribution in [0.2, 0.25) is 0 Å². The fourth-order valence-corrected chi connectivity index (χ4v) is 3.60. The Kier molecular flexibility index (Phi) is 6.99. The zero-order chi connectivity index (χ0) is 23.2. The van der Waals surface area contributed by atoms with Gasteiger partial charge in [0.05, 0.1) is 20.2 Å². The minimum Gasteiger partial charge on any atom is -0.497 e. The van der Waals surface area contributed by atoms with Crippen molar-refractivity contribution in [1.29, 1.82) is 0 Å². The van der Waals surface area contributed by atoms with Gasteiger partial charge in [0.25, 0.3) is 5.91 Å². The molecular formula is C24H27N5O4. The summed E-state index contributed by atoms with van der Waals surface area (Å²) in [5.74, 6) is 1.50. The number of amides is 2. The van der Waals surface area contributed by atoms with E-state index in [1.165, 1.54) is 0 Å². The summed E-state index contributed by atoms with van der Waals surface area (Å²) < 4.78 is 10.6. The monoisotopic (exact) mass is 449 g/mol. The summed E-state index contributed by atoms with van der Waals surface area (Å²) >= 11 is 0. The van der Waals surface area contributed by atoms with Crippen LogP contribution in [0, 0.1) is 6.92 Å². The first kappa shape index (κ1) is 22.5. The molecule has 0 spiro atoms. The second-order valence-electron chi connectivity index (χ2n) is 7.95. The highest BCUT2D eigenvalue weighted by Crippen LogP contribution is 2.20. The molecule has 1 aliphatic heterocycles. The van der Waals surface area contributed by atoms with Crippen molar-refractivity contribution in [2.24, 2.45) is 0 Å². The van der Waals surface area contributed by atoms with E-state index in [9.17, 15) is 9.59 Å². The minimum absolute atomic E-state index is 0.0123. The number of carbonyl (C=O) groups is 2. The number of carbonyl (C=O) groups excluding carboxylic acids is 2. The molecule has 0 unspecified atom stereocenters. The minimum atomic E-state index is -0.244. The van der Waals surface area contributed by atoms with E-state index in [2.05, 4.69) is 20.4 Å². The number of nitrogens with one attached hydrogen (secondary N) is 1. The average Bonchev–Trinajstić information content (AvgIpc) is 3.31. The molecule has 0 aliphatic carbocycles. The molecule has 1 N–H and O–H groups in total. The fraction of sp³-hybridized carbons (Fsp3) is 0.333. The summed E-state index contributed by atoms with van der Waals surface area (Å²) in [4.78, 5) is 33.1. The van der Waals surface area contributed by atoms with Gasteiger partial charge in [-0.2, -0.15) is 4.98 Å². The van der Waals surface area contributed by atoms with E-state index in [4.69, 9.17) is 9.26 Å². The van der Waals surface area contributed by atoms with Crippen LogP contribution in [0.4, 0.5) is 0 Å². The molecular weight excluding hydrogens is 422 g/mol. The third-order valence-corrected chi connectivity index (χ3v) is 5.61. The van der Waals surface area contributed by atoms with Gasteiger partial charge < -0.3 is 19.5 Å². The number of nitrogens with zero attached hydrogens (tertiary/aromatic N) is 4. The number of hydrogen-bond acceptors (Lipinski definition) is 7. The van der Waals surface area contributed by atoms with Crippen LogP contribution in [-0.4, -0.2) is 71.6 Å². The summed E-state index contributed by atoms with van der Waals surface area (Å²) in [5.41, 5.74) is 2.48. The SMILES string of the molecule is COc1ccc(-c2noc(CN3CCN(C(=O)CNC(=O)c4ccc(C)cc4)CC3)n2)cc1. The first-order valence-electron chi connectivity index (χ1n) is 10.8. The van der Waals surface area contributed by atoms with Crippen LogP contribution in [-0.2, 0) is 11.3 Å². The van der Waals surface area contributed by atoms with Gasteiger partial charge in [0, 0.05) is 37.3 Å². The van der Waals surface area contributed by atoms with Gasteiger partial charge in [-0.05, 0) is 43.3 Å². The standard InChI is InChI=1S/C24H27N5O4/c1-17-3-5-19(6-4-17)24(31)25-15-22(30)29-13-11-28(12-14-29)16-21-26-23(27-33-21)18-7-9-20(32-2)10-8-18/h3-10H,11-16H2,1-2H3,(H,25,31). The molecule has 172 valence electrons. The summed E-state index contributed by atoms with van der Waals surface area (Å²) in [5, 5.41) is 6.77. The van der Waals surface area contributed by atoms with Crippen molar-refractivity contribution < 1.29 is 18.8 Å². The maximum atomic E-state index is 12.5. The van der Waals surface area contributed by atoms with E-state index in [0.29, 0.717) is 50.0 Å². The Bertz CT molecular complexity index is 1090. The van der Waals surface area contributed by atoms with Gasteiger partial charge in [0.15, 0.2) is 0 Å². The van der Waals surface area contributed by atoms with Gasteiger partial charge in [-0.3, -0.25) is 14.5 Å². The van der Waals surface area contributed by atoms with Crippen LogP contribution in [0.1, 0.15) is 21.8 Å². The van der Waals surface area contributed by atoms with Crippen LogP contribution in [0.5, 0.6) is 5.75 Å². The number of methoxy groups -OCH3 is 1. The quantitative estimate of drug-likeness (QED) is 0.590. The van der Waals surface area contributed by atoms with Crippen molar-refractivity contribution in [3.05, 3.63) is 65.5 Å². The van der Waals surface area contributed by atoms with Crippen molar-refractivity contribution in [2.75, 3.05) is 39.8 Å². The Morgan fingerprint density at radius 1 is 1.03 bits per heavy atom. The molecule has 0 radical (unpaired) electrons. The highest BCUT2D eigenvalue weighted by Gasteiger charge is 2.23. The highest BCUT2D eigenvalue weighted by atomic mass is 16.5. The Labute approximate surface area is 192 Å². The van der Waals surface area contributed by atoms with Gasteiger partial charge >= 0.3 is 0 Å². The van der Waals surface area contributed by atoms with Gasteiger partial charge in [-0.1, -0.05) is 22.9 Å². The number of rotatable bonds is 7. The van der Waals surface area contributed by atoms with Gasteiger partial charge in [0.2, 0.25) is 17.6 Å². The molecule has 0 bridgehead atoms. The third kappa shape index (κ3) is 5.75. The lowest BCUT2D eigenvalue weighted by Gasteiger charge is -2.34. The zero-order valence-electron chi connectivity index (χ0n) is 18.8. The molecule has 33 heavy (non-hydrogen) atoms. The van der Waals surface area contributed by atoms with Gasteiger partial charge in [0.1, 0.15) is 5.75 Å². The summed E-state index contributed by atoms with van der Waals surface area (Å²) in [6.45, 7) is 5.02. The normalized spacial score (nSPS) is 14.2. The molecule has 2 heterocycles. The molecule has 4 rings (SSSR count). The number of aryl methyl sites for hydroxylation is 1. The molecule has 1 fully saturated rings. The Balaban J connectivity index is 1.22. The topological polar surface area (TPSA) is 101 Å². The second kappa shape index (κ2) is 10.3. The molecule has 9 nitrogen and oxygen atoms in total. The zero-order valence-corrected chi connectivity index (χ0v) is 18.8. The average molecular weight is 450 g/mol. The number of ether oxygens (including phenoxy) is 1.